The fourth-order valence-electron chi connectivity index (χ4n) is 0.780. The fraction of sp³-hybridized carbons (Fsp3) is 0.857. The van der Waals surface area contributed by atoms with Gasteiger partial charge in [0.2, 0.25) is 0 Å². The van der Waals surface area contributed by atoms with Crippen molar-refractivity contribution in [1.29, 1.82) is 0 Å². The number of amides is 1. The molecule has 0 spiro atoms. The van der Waals surface area contributed by atoms with E-state index in [0.717, 1.165) is 19.3 Å². The van der Waals surface area contributed by atoms with Crippen molar-refractivity contribution in [3.8, 4) is 0 Å². The van der Waals surface area contributed by atoms with E-state index < -0.39 is 11.6 Å². The van der Waals surface area contributed by atoms with Crippen molar-refractivity contribution in [3.05, 3.63) is 0 Å². The minimum Gasteiger partial charge on any atom is -0.465 e. The van der Waals surface area contributed by atoms with E-state index in [1.165, 1.54) is 0 Å². The van der Waals surface area contributed by atoms with Crippen LogP contribution in [0.2, 0.25) is 0 Å². The molecule has 2 N–H and O–H groups in total. The molecular weight excluding hydrogens is 166 g/mol. The SMILES string of the molecule is CCCCCC(Cl)NC(=O)O. The van der Waals surface area contributed by atoms with Crippen molar-refractivity contribution in [2.45, 2.75) is 38.1 Å². The minimum atomic E-state index is -1.05. The first-order valence-corrected chi connectivity index (χ1v) is 4.24. The molecule has 0 heterocycles. The molecule has 0 aromatic heterocycles. The van der Waals surface area contributed by atoms with Crippen LogP contribution in [-0.4, -0.2) is 16.7 Å². The maximum atomic E-state index is 10.0. The quantitative estimate of drug-likeness (QED) is 0.387. The van der Waals surface area contributed by atoms with Gasteiger partial charge in [-0.1, -0.05) is 37.8 Å². The van der Waals surface area contributed by atoms with E-state index in [9.17, 15) is 4.79 Å². The predicted octanol–water partition coefficient (Wildman–Crippen LogP) is 2.40. The number of unbranched alkanes of at least 4 members (excludes halogenated alkanes) is 2. The third-order valence-electron chi connectivity index (χ3n) is 1.34. The zero-order valence-electron chi connectivity index (χ0n) is 6.64. The molecule has 0 aliphatic carbocycles. The second kappa shape index (κ2) is 6.28. The van der Waals surface area contributed by atoms with Crippen molar-refractivity contribution < 1.29 is 9.90 Å². The number of carboxylic acid groups (broad SMARTS) is 1. The first-order valence-electron chi connectivity index (χ1n) is 3.80. The van der Waals surface area contributed by atoms with E-state index in [2.05, 4.69) is 12.2 Å². The van der Waals surface area contributed by atoms with E-state index in [1.54, 1.807) is 0 Å². The molecule has 1 amide bonds. The van der Waals surface area contributed by atoms with E-state index >= 15 is 0 Å². The first-order chi connectivity index (χ1) is 5.16. The number of nitrogens with one attached hydrogen (secondary N) is 1. The van der Waals surface area contributed by atoms with Crippen LogP contribution in [0.3, 0.4) is 0 Å². The van der Waals surface area contributed by atoms with E-state index in [0.29, 0.717) is 6.42 Å². The van der Waals surface area contributed by atoms with Crippen LogP contribution in [0.15, 0.2) is 0 Å². The molecule has 0 rings (SSSR count). The van der Waals surface area contributed by atoms with Crippen LogP contribution in [0.5, 0.6) is 0 Å². The molecule has 0 radical (unpaired) electrons. The zero-order chi connectivity index (χ0) is 8.69. The molecule has 0 fully saturated rings. The molecular formula is C7H14ClNO2. The maximum absolute atomic E-state index is 10.0. The van der Waals surface area contributed by atoms with Gasteiger partial charge in [-0.3, -0.25) is 0 Å². The van der Waals surface area contributed by atoms with Gasteiger partial charge < -0.3 is 10.4 Å². The van der Waals surface area contributed by atoms with Crippen LogP contribution in [0, 0.1) is 0 Å². The Labute approximate surface area is 71.7 Å². The van der Waals surface area contributed by atoms with Crippen LogP contribution >= 0.6 is 11.6 Å². The van der Waals surface area contributed by atoms with Crippen LogP contribution in [0.1, 0.15) is 32.6 Å². The lowest BCUT2D eigenvalue weighted by atomic mass is 10.2. The van der Waals surface area contributed by atoms with Gasteiger partial charge in [-0.15, -0.1) is 0 Å². The Morgan fingerprint density at radius 1 is 1.64 bits per heavy atom. The molecule has 0 aromatic carbocycles. The summed E-state index contributed by atoms with van der Waals surface area (Å²) in [5.74, 6) is 0. The fourth-order valence-corrected chi connectivity index (χ4v) is 1.03. The second-order valence-electron chi connectivity index (χ2n) is 2.41. The van der Waals surface area contributed by atoms with Gasteiger partial charge in [-0.25, -0.2) is 4.79 Å². The second-order valence-corrected chi connectivity index (χ2v) is 2.94. The number of rotatable bonds is 5. The van der Waals surface area contributed by atoms with Crippen LogP contribution in [-0.2, 0) is 0 Å². The van der Waals surface area contributed by atoms with Crippen molar-refractivity contribution in [2.75, 3.05) is 0 Å². The van der Waals surface area contributed by atoms with Gasteiger partial charge in [0.1, 0.15) is 5.50 Å². The first kappa shape index (κ1) is 10.6. The Morgan fingerprint density at radius 2 is 2.27 bits per heavy atom. The largest absolute Gasteiger partial charge is 0.465 e. The van der Waals surface area contributed by atoms with Gasteiger partial charge in [-0.2, -0.15) is 0 Å². The highest BCUT2D eigenvalue weighted by atomic mass is 35.5. The molecule has 1 atom stereocenters. The monoisotopic (exact) mass is 179 g/mol. The van der Waals surface area contributed by atoms with E-state index in [-0.39, 0.29) is 0 Å². The van der Waals surface area contributed by atoms with Gasteiger partial charge >= 0.3 is 6.09 Å². The normalized spacial score (nSPS) is 12.5. The molecule has 1 unspecified atom stereocenters. The lowest BCUT2D eigenvalue weighted by molar-refractivity contribution is 0.192. The van der Waals surface area contributed by atoms with Crippen molar-refractivity contribution in [1.82, 2.24) is 5.32 Å². The molecule has 0 aliphatic rings. The molecule has 0 saturated carbocycles. The van der Waals surface area contributed by atoms with E-state index in [1.807, 2.05) is 0 Å². The Kier molecular flexibility index (Phi) is 6.03. The number of halogens is 1. The van der Waals surface area contributed by atoms with Gasteiger partial charge in [0.25, 0.3) is 0 Å². The Hall–Kier alpha value is -0.440. The van der Waals surface area contributed by atoms with Crippen LogP contribution < -0.4 is 5.32 Å². The molecule has 3 nitrogen and oxygen atoms in total. The number of carbonyl (C=O) groups is 1. The molecule has 66 valence electrons. The third kappa shape index (κ3) is 7.46. The van der Waals surface area contributed by atoms with E-state index in [4.69, 9.17) is 16.7 Å². The van der Waals surface area contributed by atoms with Gasteiger partial charge in [0.15, 0.2) is 0 Å². The lowest BCUT2D eigenvalue weighted by Gasteiger charge is -2.07. The molecule has 11 heavy (non-hydrogen) atoms. The topological polar surface area (TPSA) is 49.3 Å². The maximum Gasteiger partial charge on any atom is 0.405 e. The minimum absolute atomic E-state index is 0.431. The average molecular weight is 180 g/mol. The van der Waals surface area contributed by atoms with Crippen LogP contribution in [0.25, 0.3) is 0 Å². The number of hydrogen-bond acceptors (Lipinski definition) is 1. The average Bonchev–Trinajstić information content (AvgIpc) is 1.86. The summed E-state index contributed by atoms with van der Waals surface area (Å²) in [4.78, 5) is 10.0. The summed E-state index contributed by atoms with van der Waals surface area (Å²) < 4.78 is 0. The van der Waals surface area contributed by atoms with Gasteiger partial charge in [0, 0.05) is 0 Å². The predicted molar refractivity (Wildman–Crippen MR) is 44.9 cm³/mol. The lowest BCUT2D eigenvalue weighted by Crippen LogP contribution is -2.28. The molecule has 0 bridgehead atoms. The van der Waals surface area contributed by atoms with Crippen molar-refractivity contribution in [2.24, 2.45) is 0 Å². The smallest absolute Gasteiger partial charge is 0.405 e. The van der Waals surface area contributed by atoms with Crippen molar-refractivity contribution in [3.63, 3.8) is 0 Å². The summed E-state index contributed by atoms with van der Waals surface area (Å²) in [6.45, 7) is 2.09. The Bertz CT molecular complexity index is 119. The zero-order valence-corrected chi connectivity index (χ0v) is 7.40. The summed E-state index contributed by atoms with van der Waals surface area (Å²) >= 11 is 5.62. The molecule has 0 aromatic rings. The number of alkyl halides is 1. The summed E-state index contributed by atoms with van der Waals surface area (Å²) in [6, 6.07) is 0. The third-order valence-corrected chi connectivity index (χ3v) is 1.67. The van der Waals surface area contributed by atoms with Crippen molar-refractivity contribution >= 4 is 17.7 Å². The summed E-state index contributed by atoms with van der Waals surface area (Å²) in [7, 11) is 0. The highest BCUT2D eigenvalue weighted by Crippen LogP contribution is 2.05. The van der Waals surface area contributed by atoms with Gasteiger partial charge in [0.05, 0.1) is 0 Å². The summed E-state index contributed by atoms with van der Waals surface area (Å²) in [6.07, 6.45) is 2.86. The highest BCUT2D eigenvalue weighted by Gasteiger charge is 2.05. The standard InChI is InChI=1S/C7H14ClNO2/c1-2-3-4-5-6(8)9-7(10)11/h6,9H,2-5H2,1H3,(H,10,11). The Morgan fingerprint density at radius 3 is 2.73 bits per heavy atom. The molecule has 0 saturated heterocycles. The molecule has 0 aliphatic heterocycles. The van der Waals surface area contributed by atoms with Gasteiger partial charge in [-0.05, 0) is 6.42 Å². The summed E-state index contributed by atoms with van der Waals surface area (Å²) in [5, 5.41) is 10.4. The summed E-state index contributed by atoms with van der Waals surface area (Å²) in [5.41, 5.74) is -0.431. The highest BCUT2D eigenvalue weighted by molar-refractivity contribution is 6.21. The molecule has 4 heteroatoms. The van der Waals surface area contributed by atoms with Crippen LogP contribution in [0.4, 0.5) is 4.79 Å². The Balaban J connectivity index is 3.22. The number of hydrogen-bond donors (Lipinski definition) is 2.